The molecule has 0 radical (unpaired) electrons. The molecule has 0 spiro atoms. The van der Waals surface area contributed by atoms with Crippen LogP contribution in [0, 0.1) is 11.3 Å². The van der Waals surface area contributed by atoms with Gasteiger partial charge in [-0.2, -0.15) is 5.26 Å². The van der Waals surface area contributed by atoms with Crippen LogP contribution < -0.4 is 18.9 Å². The molecular weight excluding hydrogens is 462 g/mol. The minimum atomic E-state index is -0.687. The van der Waals surface area contributed by atoms with Crippen molar-refractivity contribution in [2.75, 3.05) is 28.4 Å². The van der Waals surface area contributed by atoms with Gasteiger partial charge in [-0.25, -0.2) is 9.78 Å². The molecule has 0 aliphatic rings. The Morgan fingerprint density at radius 1 is 0.944 bits per heavy atom. The van der Waals surface area contributed by atoms with Crippen LogP contribution in [-0.2, 0) is 11.3 Å². The second-order valence-electron chi connectivity index (χ2n) is 7.52. The molecule has 0 bridgehead atoms. The Labute approximate surface area is 207 Å². The first-order chi connectivity index (χ1) is 17.5. The van der Waals surface area contributed by atoms with Crippen LogP contribution in [0.15, 0.2) is 54.7 Å². The summed E-state index contributed by atoms with van der Waals surface area (Å²) in [5.74, 6) is 1.03. The zero-order valence-electron chi connectivity index (χ0n) is 20.2. The lowest BCUT2D eigenvalue weighted by Crippen LogP contribution is -2.09. The summed E-state index contributed by atoms with van der Waals surface area (Å²) in [6.07, 6.45) is 1.69. The van der Waals surface area contributed by atoms with E-state index in [2.05, 4.69) is 16.0 Å². The van der Waals surface area contributed by atoms with Gasteiger partial charge >= 0.3 is 5.97 Å². The summed E-state index contributed by atoms with van der Waals surface area (Å²) in [6.45, 7) is 0.252. The van der Waals surface area contributed by atoms with E-state index in [0.29, 0.717) is 44.9 Å². The minimum absolute atomic E-state index is 0.0158. The number of esters is 1. The second-order valence-corrected chi connectivity index (χ2v) is 7.52. The van der Waals surface area contributed by atoms with E-state index in [0.717, 1.165) is 5.69 Å². The van der Waals surface area contributed by atoms with Gasteiger partial charge in [-0.3, -0.25) is 4.98 Å². The summed E-state index contributed by atoms with van der Waals surface area (Å²) >= 11 is 0. The van der Waals surface area contributed by atoms with Crippen molar-refractivity contribution in [3.8, 4) is 40.2 Å². The zero-order valence-corrected chi connectivity index (χ0v) is 20.2. The molecular formula is C27H23N3O6. The van der Waals surface area contributed by atoms with Crippen LogP contribution in [0.4, 0.5) is 0 Å². The quantitative estimate of drug-likeness (QED) is 0.331. The number of ether oxygens (including phenoxy) is 5. The number of hydrogen-bond donors (Lipinski definition) is 0. The van der Waals surface area contributed by atoms with Gasteiger partial charge in [-0.15, -0.1) is 0 Å². The van der Waals surface area contributed by atoms with Crippen LogP contribution >= 0.6 is 0 Å². The summed E-state index contributed by atoms with van der Waals surface area (Å²) < 4.78 is 27.3. The molecule has 9 nitrogen and oxygen atoms in total. The molecule has 0 fully saturated rings. The lowest BCUT2D eigenvalue weighted by Gasteiger charge is -2.17. The molecule has 182 valence electrons. The predicted molar refractivity (Wildman–Crippen MR) is 131 cm³/mol. The highest BCUT2D eigenvalue weighted by Gasteiger charge is 2.24. The summed E-state index contributed by atoms with van der Waals surface area (Å²) in [6, 6.07) is 16.3. The van der Waals surface area contributed by atoms with E-state index in [1.165, 1.54) is 28.4 Å². The van der Waals surface area contributed by atoms with Crippen molar-refractivity contribution in [1.82, 2.24) is 9.97 Å². The molecule has 9 heteroatoms. The van der Waals surface area contributed by atoms with Gasteiger partial charge in [0.1, 0.15) is 24.1 Å². The molecule has 4 rings (SSSR count). The number of nitriles is 1. The fourth-order valence-corrected chi connectivity index (χ4v) is 3.87. The van der Waals surface area contributed by atoms with Crippen LogP contribution in [-0.4, -0.2) is 44.4 Å². The van der Waals surface area contributed by atoms with E-state index in [9.17, 15) is 10.1 Å². The number of benzene rings is 2. The Balaban J connectivity index is 1.94. The Morgan fingerprint density at radius 3 is 2.28 bits per heavy atom. The number of methoxy groups -OCH3 is 4. The van der Waals surface area contributed by atoms with Gasteiger partial charge < -0.3 is 23.7 Å². The van der Waals surface area contributed by atoms with Gasteiger partial charge in [0.15, 0.2) is 17.2 Å². The predicted octanol–water partition coefficient (Wildman–Crippen LogP) is 4.56. The van der Waals surface area contributed by atoms with Crippen LogP contribution in [0.2, 0.25) is 0 Å². The highest BCUT2D eigenvalue weighted by molar-refractivity contribution is 6.08. The van der Waals surface area contributed by atoms with E-state index in [4.69, 9.17) is 23.7 Å². The maximum absolute atomic E-state index is 12.8. The van der Waals surface area contributed by atoms with Crippen molar-refractivity contribution < 1.29 is 28.5 Å². The Morgan fingerprint density at radius 2 is 1.69 bits per heavy atom. The molecule has 0 N–H and O–H groups in total. The average Bonchev–Trinajstić information content (AvgIpc) is 2.94. The molecule has 0 saturated heterocycles. The summed E-state index contributed by atoms with van der Waals surface area (Å²) in [5.41, 5.74) is 1.82. The molecule has 2 aromatic carbocycles. The van der Waals surface area contributed by atoms with Crippen LogP contribution in [0.3, 0.4) is 0 Å². The number of hydrogen-bond acceptors (Lipinski definition) is 9. The third kappa shape index (κ3) is 4.57. The topological polar surface area (TPSA) is 113 Å². The van der Waals surface area contributed by atoms with E-state index < -0.39 is 5.97 Å². The smallest absolute Gasteiger partial charge is 0.357 e. The van der Waals surface area contributed by atoms with E-state index in [1.807, 2.05) is 18.2 Å². The van der Waals surface area contributed by atoms with Gasteiger partial charge in [0.2, 0.25) is 5.75 Å². The van der Waals surface area contributed by atoms with Gasteiger partial charge in [0.25, 0.3) is 0 Å². The number of nitrogens with zero attached hydrogens (tertiary/aromatic N) is 3. The summed E-state index contributed by atoms with van der Waals surface area (Å²) in [7, 11) is 5.77. The Bertz CT molecular complexity index is 1440. The molecule has 0 amide bonds. The zero-order chi connectivity index (χ0) is 25.7. The second kappa shape index (κ2) is 10.6. The third-order valence-corrected chi connectivity index (χ3v) is 5.53. The van der Waals surface area contributed by atoms with E-state index in [-0.39, 0.29) is 18.0 Å². The molecule has 0 unspecified atom stereocenters. The van der Waals surface area contributed by atoms with Crippen molar-refractivity contribution in [3.05, 3.63) is 71.8 Å². The van der Waals surface area contributed by atoms with E-state index >= 15 is 0 Å². The van der Waals surface area contributed by atoms with Crippen molar-refractivity contribution in [1.29, 1.82) is 5.26 Å². The number of rotatable bonds is 8. The highest BCUT2D eigenvalue weighted by atomic mass is 16.5. The number of fused-ring (bicyclic) bond motifs is 1. The van der Waals surface area contributed by atoms with Crippen molar-refractivity contribution >= 4 is 16.7 Å². The SMILES string of the molecule is COC(=O)c1nc(C#N)c2cc(OCc3ccccn3)ccc2c1-c1cc(OC)c(OC)c(OC)c1. The van der Waals surface area contributed by atoms with Crippen molar-refractivity contribution in [2.45, 2.75) is 6.61 Å². The standard InChI is InChI=1S/C27H23N3O6/c1-32-22-11-16(12-23(33-2)26(22)34-3)24-19-9-8-18(36-15-17-7-5-6-10-29-17)13-20(19)21(14-28)30-25(24)27(31)35-4/h5-13H,15H2,1-4H3. The molecule has 2 aromatic heterocycles. The monoisotopic (exact) mass is 485 g/mol. The van der Waals surface area contributed by atoms with Gasteiger partial charge in [0.05, 0.1) is 34.1 Å². The number of aromatic nitrogens is 2. The fourth-order valence-electron chi connectivity index (χ4n) is 3.87. The molecule has 0 aliphatic carbocycles. The van der Waals surface area contributed by atoms with Crippen LogP contribution in [0.1, 0.15) is 21.9 Å². The average molecular weight is 485 g/mol. The first-order valence-corrected chi connectivity index (χ1v) is 10.8. The highest BCUT2D eigenvalue weighted by Crippen LogP contribution is 2.44. The number of carbonyl (C=O) groups is 1. The molecule has 0 atom stereocenters. The molecule has 36 heavy (non-hydrogen) atoms. The van der Waals surface area contributed by atoms with Crippen LogP contribution in [0.5, 0.6) is 23.0 Å². The fraction of sp³-hybridized carbons (Fsp3) is 0.185. The van der Waals surface area contributed by atoms with E-state index in [1.54, 1.807) is 36.5 Å². The molecule has 2 heterocycles. The molecule has 0 saturated carbocycles. The first-order valence-electron chi connectivity index (χ1n) is 10.8. The number of pyridine rings is 2. The normalized spacial score (nSPS) is 10.4. The maximum Gasteiger partial charge on any atom is 0.357 e. The number of carbonyl (C=O) groups excluding carboxylic acids is 1. The summed E-state index contributed by atoms with van der Waals surface area (Å²) in [4.78, 5) is 21.4. The largest absolute Gasteiger partial charge is 0.493 e. The minimum Gasteiger partial charge on any atom is -0.493 e. The Hall–Kier alpha value is -4.84. The third-order valence-electron chi connectivity index (χ3n) is 5.53. The lowest BCUT2D eigenvalue weighted by molar-refractivity contribution is 0.0595. The summed E-state index contributed by atoms with van der Waals surface area (Å²) in [5, 5.41) is 10.9. The molecule has 4 aromatic rings. The molecule has 0 aliphatic heterocycles. The maximum atomic E-state index is 12.8. The van der Waals surface area contributed by atoms with Crippen molar-refractivity contribution in [2.24, 2.45) is 0 Å². The van der Waals surface area contributed by atoms with Gasteiger partial charge in [-0.05, 0) is 53.4 Å². The Kier molecular flexibility index (Phi) is 7.16. The van der Waals surface area contributed by atoms with Gasteiger partial charge in [-0.1, -0.05) is 6.07 Å². The van der Waals surface area contributed by atoms with Crippen LogP contribution in [0.25, 0.3) is 21.9 Å². The van der Waals surface area contributed by atoms with Crippen molar-refractivity contribution in [3.63, 3.8) is 0 Å². The first kappa shape index (κ1) is 24.3. The lowest BCUT2D eigenvalue weighted by atomic mass is 9.95. The van der Waals surface area contributed by atoms with Gasteiger partial charge in [0, 0.05) is 17.1 Å².